The fraction of sp³-hybridized carbons (Fsp3) is 0.0833. The van der Waals surface area contributed by atoms with E-state index in [2.05, 4.69) is 5.10 Å². The van der Waals surface area contributed by atoms with E-state index < -0.39 is 5.82 Å². The van der Waals surface area contributed by atoms with Crippen LogP contribution in [0.15, 0.2) is 35.3 Å². The lowest BCUT2D eigenvalue weighted by Gasteiger charge is -2.05. The molecule has 1 aromatic heterocycles. The van der Waals surface area contributed by atoms with Crippen LogP contribution in [0.2, 0.25) is 0 Å². The fourth-order valence-electron chi connectivity index (χ4n) is 1.46. The number of benzene rings is 1. The molecule has 18 heavy (non-hydrogen) atoms. The van der Waals surface area contributed by atoms with Gasteiger partial charge in [-0.15, -0.1) is 0 Å². The summed E-state index contributed by atoms with van der Waals surface area (Å²) in [5, 5.41) is 12.7. The number of hydrogen-bond acceptors (Lipinski definition) is 3. The van der Waals surface area contributed by atoms with Crippen molar-refractivity contribution in [3.8, 4) is 6.07 Å². The van der Waals surface area contributed by atoms with E-state index in [-0.39, 0.29) is 17.7 Å². The zero-order valence-electron chi connectivity index (χ0n) is 9.10. The van der Waals surface area contributed by atoms with Crippen molar-refractivity contribution in [2.75, 3.05) is 0 Å². The summed E-state index contributed by atoms with van der Waals surface area (Å²) in [6.07, 6.45) is 1.52. The molecule has 0 N–H and O–H groups in total. The minimum Gasteiger partial charge on any atom is -0.268 e. The summed E-state index contributed by atoms with van der Waals surface area (Å²) in [5.74, 6) is -0.457. The van der Waals surface area contributed by atoms with Gasteiger partial charge in [0, 0.05) is 15.2 Å². The summed E-state index contributed by atoms with van der Waals surface area (Å²) in [6, 6.07) is 7.37. The maximum absolute atomic E-state index is 13.5. The Morgan fingerprint density at radius 2 is 2.22 bits per heavy atom. The molecule has 6 heteroatoms. The highest BCUT2D eigenvalue weighted by molar-refractivity contribution is 14.1. The summed E-state index contributed by atoms with van der Waals surface area (Å²) in [4.78, 5) is 11.6. The molecule has 1 aromatic carbocycles. The largest absolute Gasteiger partial charge is 0.268 e. The van der Waals surface area contributed by atoms with Crippen LogP contribution in [-0.4, -0.2) is 9.78 Å². The Balaban J connectivity index is 2.40. The molecule has 0 unspecified atom stereocenters. The Hall–Kier alpha value is -1.75. The van der Waals surface area contributed by atoms with Gasteiger partial charge in [-0.2, -0.15) is 10.4 Å². The molecule has 0 atom stereocenters. The first kappa shape index (κ1) is 12.7. The molecular weight excluding hydrogens is 348 g/mol. The highest BCUT2D eigenvalue weighted by Gasteiger charge is 2.06. The molecule has 0 amide bonds. The van der Waals surface area contributed by atoms with Crippen LogP contribution in [-0.2, 0) is 6.54 Å². The average Bonchev–Trinajstić information content (AvgIpc) is 2.35. The summed E-state index contributed by atoms with van der Waals surface area (Å²) in [6.45, 7) is 0.0110. The molecule has 0 radical (unpaired) electrons. The van der Waals surface area contributed by atoms with Gasteiger partial charge in [-0.25, -0.2) is 9.07 Å². The third-order valence-electron chi connectivity index (χ3n) is 2.33. The van der Waals surface area contributed by atoms with Crippen LogP contribution in [0.25, 0.3) is 0 Å². The molecule has 1 heterocycles. The quantitative estimate of drug-likeness (QED) is 0.774. The van der Waals surface area contributed by atoms with Crippen LogP contribution in [0.3, 0.4) is 0 Å². The van der Waals surface area contributed by atoms with Gasteiger partial charge in [-0.3, -0.25) is 4.79 Å². The Morgan fingerprint density at radius 3 is 2.89 bits per heavy atom. The first-order chi connectivity index (χ1) is 8.60. The standard InChI is InChI=1S/C12H7FIN3O/c13-11-2-1-8(5-15)3-9(11)7-17-12(18)4-10(14)6-16-17/h1-4,6H,7H2. The SMILES string of the molecule is N#Cc1ccc(F)c(Cn2ncc(I)cc2=O)c1. The highest BCUT2D eigenvalue weighted by Crippen LogP contribution is 2.10. The van der Waals surface area contributed by atoms with E-state index in [9.17, 15) is 9.18 Å². The molecule has 90 valence electrons. The van der Waals surface area contributed by atoms with Gasteiger partial charge in [0.2, 0.25) is 0 Å². The van der Waals surface area contributed by atoms with Crippen molar-refractivity contribution >= 4 is 22.6 Å². The van der Waals surface area contributed by atoms with Gasteiger partial charge in [0.1, 0.15) is 5.82 Å². The molecular formula is C12H7FIN3O. The molecule has 4 nitrogen and oxygen atoms in total. The van der Waals surface area contributed by atoms with Crippen molar-refractivity contribution in [1.29, 1.82) is 5.26 Å². The molecule has 0 bridgehead atoms. The second kappa shape index (κ2) is 5.27. The molecule has 0 saturated heterocycles. The van der Waals surface area contributed by atoms with Gasteiger partial charge in [-0.1, -0.05) is 0 Å². The van der Waals surface area contributed by atoms with E-state index in [1.807, 2.05) is 28.7 Å². The maximum atomic E-state index is 13.5. The first-order valence-corrected chi connectivity index (χ1v) is 6.09. The minimum atomic E-state index is -0.457. The van der Waals surface area contributed by atoms with Gasteiger partial charge in [0.15, 0.2) is 0 Å². The lowest BCUT2D eigenvalue weighted by molar-refractivity contribution is 0.571. The molecule has 2 aromatic rings. The number of aromatic nitrogens is 2. The van der Waals surface area contributed by atoms with E-state index in [1.54, 1.807) is 0 Å². The van der Waals surface area contributed by atoms with E-state index in [0.29, 0.717) is 5.56 Å². The smallest absolute Gasteiger partial charge is 0.268 e. The van der Waals surface area contributed by atoms with Crippen molar-refractivity contribution in [2.45, 2.75) is 6.54 Å². The zero-order chi connectivity index (χ0) is 13.1. The third-order valence-corrected chi connectivity index (χ3v) is 2.92. The van der Waals surface area contributed by atoms with Gasteiger partial charge >= 0.3 is 0 Å². The number of rotatable bonds is 2. The average molecular weight is 355 g/mol. The van der Waals surface area contributed by atoms with Gasteiger partial charge < -0.3 is 0 Å². The molecule has 0 saturated carbocycles. The summed E-state index contributed by atoms with van der Waals surface area (Å²) in [7, 11) is 0. The van der Waals surface area contributed by atoms with Gasteiger partial charge in [0.25, 0.3) is 5.56 Å². The molecule has 2 rings (SSSR count). The van der Waals surface area contributed by atoms with E-state index >= 15 is 0 Å². The number of nitrogens with zero attached hydrogens (tertiary/aromatic N) is 3. The molecule has 0 aliphatic heterocycles. The molecule has 0 aliphatic carbocycles. The van der Waals surface area contributed by atoms with E-state index in [4.69, 9.17) is 5.26 Å². The number of hydrogen-bond donors (Lipinski definition) is 0. The van der Waals surface area contributed by atoms with Crippen LogP contribution in [0.1, 0.15) is 11.1 Å². The Kier molecular flexibility index (Phi) is 3.72. The van der Waals surface area contributed by atoms with Crippen LogP contribution >= 0.6 is 22.6 Å². The Morgan fingerprint density at radius 1 is 1.44 bits per heavy atom. The predicted molar refractivity (Wildman–Crippen MR) is 71.4 cm³/mol. The van der Waals surface area contributed by atoms with Crippen molar-refractivity contribution < 1.29 is 4.39 Å². The monoisotopic (exact) mass is 355 g/mol. The first-order valence-electron chi connectivity index (χ1n) is 5.01. The second-order valence-electron chi connectivity index (χ2n) is 3.59. The molecule has 0 aliphatic rings. The minimum absolute atomic E-state index is 0.0110. The van der Waals surface area contributed by atoms with Crippen molar-refractivity contribution in [3.05, 3.63) is 61.3 Å². The van der Waals surface area contributed by atoms with Crippen LogP contribution in [0, 0.1) is 20.7 Å². The number of halogens is 2. The molecule has 0 fully saturated rings. The zero-order valence-corrected chi connectivity index (χ0v) is 11.3. The highest BCUT2D eigenvalue weighted by atomic mass is 127. The lowest BCUT2D eigenvalue weighted by atomic mass is 10.1. The molecule has 0 spiro atoms. The van der Waals surface area contributed by atoms with Crippen LogP contribution in [0.4, 0.5) is 4.39 Å². The van der Waals surface area contributed by atoms with Crippen molar-refractivity contribution in [2.24, 2.45) is 0 Å². The predicted octanol–water partition coefficient (Wildman–Crippen LogP) is 1.91. The summed E-state index contributed by atoms with van der Waals surface area (Å²) >= 11 is 1.98. The number of nitriles is 1. The topological polar surface area (TPSA) is 58.7 Å². The summed E-state index contributed by atoms with van der Waals surface area (Å²) < 4.78 is 15.4. The van der Waals surface area contributed by atoms with E-state index in [0.717, 1.165) is 8.25 Å². The van der Waals surface area contributed by atoms with Crippen LogP contribution in [0.5, 0.6) is 0 Å². The van der Waals surface area contributed by atoms with Crippen molar-refractivity contribution in [3.63, 3.8) is 0 Å². The van der Waals surface area contributed by atoms with Crippen molar-refractivity contribution in [1.82, 2.24) is 9.78 Å². The Bertz CT molecular complexity index is 690. The van der Waals surface area contributed by atoms with Gasteiger partial charge in [-0.05, 0) is 40.8 Å². The summed E-state index contributed by atoms with van der Waals surface area (Å²) in [5.41, 5.74) is 0.318. The van der Waals surface area contributed by atoms with E-state index in [1.165, 1.54) is 30.5 Å². The maximum Gasteiger partial charge on any atom is 0.268 e. The normalized spacial score (nSPS) is 10.1. The second-order valence-corrected chi connectivity index (χ2v) is 4.83. The van der Waals surface area contributed by atoms with Gasteiger partial charge in [0.05, 0.1) is 24.4 Å². The Labute approximate surface area is 116 Å². The third kappa shape index (κ3) is 2.73. The lowest BCUT2D eigenvalue weighted by Crippen LogP contribution is -2.23. The fourth-order valence-corrected chi connectivity index (χ4v) is 1.85. The van der Waals surface area contributed by atoms with Crippen LogP contribution < -0.4 is 5.56 Å².